The first-order valence-corrected chi connectivity index (χ1v) is 7.91. The molecule has 0 aliphatic carbocycles. The molecular formula is C20H17NO3. The first kappa shape index (κ1) is 14.6. The van der Waals surface area contributed by atoms with Gasteiger partial charge in [-0.05, 0) is 35.4 Å². The van der Waals surface area contributed by atoms with Gasteiger partial charge in [-0.2, -0.15) is 0 Å². The molecule has 0 bridgehead atoms. The second-order valence-electron chi connectivity index (χ2n) is 5.80. The van der Waals surface area contributed by atoms with Crippen LogP contribution in [0.2, 0.25) is 0 Å². The molecule has 4 rings (SSSR count). The number of nitrogens with one attached hydrogen (secondary N) is 1. The molecule has 0 aromatic heterocycles. The molecule has 1 aliphatic rings. The Morgan fingerprint density at radius 1 is 1.00 bits per heavy atom. The van der Waals surface area contributed by atoms with Gasteiger partial charge in [0.25, 0.3) is 5.91 Å². The second kappa shape index (κ2) is 5.89. The van der Waals surface area contributed by atoms with E-state index in [1.165, 1.54) is 0 Å². The van der Waals surface area contributed by atoms with Crippen LogP contribution in [0.25, 0.3) is 10.8 Å². The molecule has 0 saturated carbocycles. The highest BCUT2D eigenvalue weighted by atomic mass is 16.7. The van der Waals surface area contributed by atoms with Crippen LogP contribution in [0.1, 0.15) is 28.9 Å². The Labute approximate surface area is 140 Å². The van der Waals surface area contributed by atoms with Crippen molar-refractivity contribution >= 4 is 16.7 Å². The zero-order valence-corrected chi connectivity index (χ0v) is 13.3. The van der Waals surface area contributed by atoms with E-state index in [2.05, 4.69) is 23.5 Å². The fraction of sp³-hybridized carbons (Fsp3) is 0.150. The van der Waals surface area contributed by atoms with Crippen molar-refractivity contribution in [1.82, 2.24) is 5.32 Å². The number of para-hydroxylation sites is 1. The van der Waals surface area contributed by atoms with E-state index in [0.717, 1.165) is 16.3 Å². The Balaban J connectivity index is 1.63. The Morgan fingerprint density at radius 3 is 2.71 bits per heavy atom. The predicted octanol–water partition coefficient (Wildman–Crippen LogP) is 4.06. The number of ether oxygens (including phenoxy) is 2. The number of benzene rings is 3. The maximum atomic E-state index is 12.7. The van der Waals surface area contributed by atoms with E-state index in [1.807, 2.05) is 31.2 Å². The molecule has 0 saturated heterocycles. The fourth-order valence-electron chi connectivity index (χ4n) is 3.09. The minimum absolute atomic E-state index is 0.123. The van der Waals surface area contributed by atoms with Crippen molar-refractivity contribution in [2.75, 3.05) is 6.79 Å². The molecule has 3 aromatic rings. The number of carbonyl (C=O) groups is 1. The molecule has 0 fully saturated rings. The number of amides is 1. The Hall–Kier alpha value is -3.01. The third-order valence-electron chi connectivity index (χ3n) is 4.28. The number of hydrogen-bond donors (Lipinski definition) is 1. The van der Waals surface area contributed by atoms with Gasteiger partial charge in [-0.15, -0.1) is 0 Å². The van der Waals surface area contributed by atoms with Crippen LogP contribution in [0, 0.1) is 0 Å². The Morgan fingerprint density at radius 2 is 1.79 bits per heavy atom. The standard InChI is InChI=1S/C20H17NO3/c1-13(15-9-4-7-14-6-2-3-8-16(14)15)21-20(22)17-10-5-11-18-19(17)24-12-23-18/h2-11,13H,12H2,1H3,(H,21,22). The van der Waals surface area contributed by atoms with Crippen molar-refractivity contribution < 1.29 is 14.3 Å². The summed E-state index contributed by atoms with van der Waals surface area (Å²) in [5.41, 5.74) is 1.59. The lowest BCUT2D eigenvalue weighted by atomic mass is 9.99. The first-order chi connectivity index (χ1) is 11.7. The van der Waals surface area contributed by atoms with Gasteiger partial charge >= 0.3 is 0 Å². The van der Waals surface area contributed by atoms with Crippen molar-refractivity contribution in [2.45, 2.75) is 13.0 Å². The van der Waals surface area contributed by atoms with E-state index in [1.54, 1.807) is 18.2 Å². The highest BCUT2D eigenvalue weighted by molar-refractivity contribution is 5.98. The molecular weight excluding hydrogens is 302 g/mol. The average molecular weight is 319 g/mol. The molecule has 1 atom stereocenters. The monoisotopic (exact) mass is 319 g/mol. The summed E-state index contributed by atoms with van der Waals surface area (Å²) in [5.74, 6) is 0.957. The van der Waals surface area contributed by atoms with Gasteiger partial charge in [-0.25, -0.2) is 0 Å². The maximum absolute atomic E-state index is 12.7. The molecule has 4 nitrogen and oxygen atoms in total. The summed E-state index contributed by atoms with van der Waals surface area (Å²) in [6, 6.07) is 19.5. The van der Waals surface area contributed by atoms with Crippen molar-refractivity contribution in [3.63, 3.8) is 0 Å². The normalized spacial score (nSPS) is 13.7. The molecule has 1 heterocycles. The van der Waals surface area contributed by atoms with Crippen LogP contribution in [0.4, 0.5) is 0 Å². The molecule has 3 aromatic carbocycles. The van der Waals surface area contributed by atoms with Gasteiger partial charge in [0.2, 0.25) is 6.79 Å². The van der Waals surface area contributed by atoms with Gasteiger partial charge < -0.3 is 14.8 Å². The topological polar surface area (TPSA) is 47.6 Å². The SMILES string of the molecule is CC(NC(=O)c1cccc2c1OCO2)c1cccc2ccccc12. The summed E-state index contributed by atoms with van der Waals surface area (Å²) in [4.78, 5) is 12.7. The Kier molecular flexibility index (Phi) is 3.58. The van der Waals surface area contributed by atoms with E-state index in [4.69, 9.17) is 9.47 Å². The summed E-state index contributed by atoms with van der Waals surface area (Å²) < 4.78 is 10.8. The van der Waals surface area contributed by atoms with Gasteiger partial charge in [0, 0.05) is 0 Å². The van der Waals surface area contributed by atoms with Crippen LogP contribution in [-0.4, -0.2) is 12.7 Å². The summed E-state index contributed by atoms with van der Waals surface area (Å²) in [7, 11) is 0. The smallest absolute Gasteiger partial charge is 0.255 e. The summed E-state index contributed by atoms with van der Waals surface area (Å²) in [6.45, 7) is 2.14. The van der Waals surface area contributed by atoms with Crippen LogP contribution < -0.4 is 14.8 Å². The van der Waals surface area contributed by atoms with Gasteiger partial charge in [0.05, 0.1) is 11.6 Å². The lowest BCUT2D eigenvalue weighted by molar-refractivity contribution is 0.0935. The van der Waals surface area contributed by atoms with Gasteiger partial charge in [0.1, 0.15) is 0 Å². The quantitative estimate of drug-likeness (QED) is 0.792. The third kappa shape index (κ3) is 2.46. The van der Waals surface area contributed by atoms with Gasteiger partial charge in [-0.3, -0.25) is 4.79 Å². The molecule has 0 radical (unpaired) electrons. The van der Waals surface area contributed by atoms with Crippen molar-refractivity contribution in [3.8, 4) is 11.5 Å². The van der Waals surface area contributed by atoms with Gasteiger partial charge in [0.15, 0.2) is 11.5 Å². The molecule has 1 N–H and O–H groups in total. The lowest BCUT2D eigenvalue weighted by Crippen LogP contribution is -2.27. The maximum Gasteiger partial charge on any atom is 0.255 e. The zero-order valence-electron chi connectivity index (χ0n) is 13.3. The fourth-order valence-corrected chi connectivity index (χ4v) is 3.09. The van der Waals surface area contributed by atoms with E-state index >= 15 is 0 Å². The molecule has 4 heteroatoms. The largest absolute Gasteiger partial charge is 0.454 e. The van der Waals surface area contributed by atoms with Crippen LogP contribution in [0.3, 0.4) is 0 Å². The van der Waals surface area contributed by atoms with Crippen LogP contribution in [0.15, 0.2) is 60.7 Å². The second-order valence-corrected chi connectivity index (χ2v) is 5.80. The van der Waals surface area contributed by atoms with Crippen LogP contribution >= 0.6 is 0 Å². The number of hydrogen-bond acceptors (Lipinski definition) is 3. The molecule has 0 spiro atoms. The Bertz CT molecular complexity index is 914. The number of carbonyl (C=O) groups excluding carboxylic acids is 1. The lowest BCUT2D eigenvalue weighted by Gasteiger charge is -2.17. The summed E-state index contributed by atoms with van der Waals surface area (Å²) in [5, 5.41) is 5.36. The minimum Gasteiger partial charge on any atom is -0.454 e. The molecule has 1 unspecified atom stereocenters. The van der Waals surface area contributed by atoms with Crippen LogP contribution in [0.5, 0.6) is 11.5 Å². The summed E-state index contributed by atoms with van der Waals surface area (Å²) in [6.07, 6.45) is 0. The third-order valence-corrected chi connectivity index (χ3v) is 4.28. The van der Waals surface area contributed by atoms with Crippen LogP contribution in [-0.2, 0) is 0 Å². The van der Waals surface area contributed by atoms with E-state index in [0.29, 0.717) is 17.1 Å². The highest BCUT2D eigenvalue weighted by Crippen LogP contribution is 2.35. The molecule has 1 aliphatic heterocycles. The molecule has 120 valence electrons. The highest BCUT2D eigenvalue weighted by Gasteiger charge is 2.23. The van der Waals surface area contributed by atoms with E-state index < -0.39 is 0 Å². The molecule has 1 amide bonds. The van der Waals surface area contributed by atoms with Crippen molar-refractivity contribution in [2.24, 2.45) is 0 Å². The number of fused-ring (bicyclic) bond motifs is 2. The number of rotatable bonds is 3. The van der Waals surface area contributed by atoms with E-state index in [9.17, 15) is 4.79 Å². The zero-order chi connectivity index (χ0) is 16.5. The predicted molar refractivity (Wildman–Crippen MR) is 92.4 cm³/mol. The first-order valence-electron chi connectivity index (χ1n) is 7.91. The van der Waals surface area contributed by atoms with Gasteiger partial charge in [-0.1, -0.05) is 48.5 Å². The van der Waals surface area contributed by atoms with Crippen molar-refractivity contribution in [1.29, 1.82) is 0 Å². The van der Waals surface area contributed by atoms with Crippen molar-refractivity contribution in [3.05, 3.63) is 71.8 Å². The molecule has 24 heavy (non-hydrogen) atoms. The summed E-state index contributed by atoms with van der Waals surface area (Å²) >= 11 is 0. The van der Waals surface area contributed by atoms with E-state index in [-0.39, 0.29) is 18.7 Å². The average Bonchev–Trinajstić information content (AvgIpc) is 3.09. The minimum atomic E-state index is -0.169.